The smallest absolute Gasteiger partial charge is 0.329 e. The molecule has 2 atom stereocenters. The van der Waals surface area contributed by atoms with Gasteiger partial charge >= 0.3 is 7.60 Å². The van der Waals surface area contributed by atoms with E-state index >= 15 is 0 Å². The van der Waals surface area contributed by atoms with Gasteiger partial charge < -0.3 is 24.6 Å². The molecule has 0 aliphatic heterocycles. The predicted octanol–water partition coefficient (Wildman–Crippen LogP) is 11.5. The van der Waals surface area contributed by atoms with E-state index in [-0.39, 0.29) is 25.4 Å². The largest absolute Gasteiger partial charge is 0.379 e. The van der Waals surface area contributed by atoms with E-state index in [1.807, 2.05) is 0 Å². The molecule has 266 valence electrons. The molecule has 0 aromatic carbocycles. The van der Waals surface area contributed by atoms with Gasteiger partial charge in [0.15, 0.2) is 0 Å². The first-order chi connectivity index (χ1) is 21.6. The van der Waals surface area contributed by atoms with E-state index < -0.39 is 7.60 Å². The van der Waals surface area contributed by atoms with Gasteiger partial charge in [-0.15, -0.1) is 0 Å². The zero-order chi connectivity index (χ0) is 32.2. The maximum atomic E-state index is 12.1. The summed E-state index contributed by atoms with van der Waals surface area (Å²) in [6.45, 7) is 6.51. The van der Waals surface area contributed by atoms with Crippen LogP contribution in [0.1, 0.15) is 194 Å². The van der Waals surface area contributed by atoms with Crippen LogP contribution in [-0.4, -0.2) is 50.1 Å². The molecule has 0 saturated heterocycles. The normalized spacial score (nSPS) is 13.8. The Balaban J connectivity index is 3.82. The first-order valence-corrected chi connectivity index (χ1v) is 21.2. The predicted molar refractivity (Wildman–Crippen MR) is 191 cm³/mol. The maximum Gasteiger partial charge on any atom is 0.329 e. The van der Waals surface area contributed by atoms with Crippen LogP contribution < -0.4 is 5.73 Å². The van der Waals surface area contributed by atoms with Crippen molar-refractivity contribution >= 4 is 7.60 Å². The molecule has 0 amide bonds. The second kappa shape index (κ2) is 35.9. The van der Waals surface area contributed by atoms with Gasteiger partial charge in [0.05, 0.1) is 19.4 Å². The summed E-state index contributed by atoms with van der Waals surface area (Å²) < 4.78 is 29.4. The third-order valence-corrected chi connectivity index (χ3v) is 10.0. The van der Waals surface area contributed by atoms with Crippen LogP contribution in [0.5, 0.6) is 0 Å². The van der Waals surface area contributed by atoms with Crippen LogP contribution in [0.15, 0.2) is 0 Å². The van der Waals surface area contributed by atoms with Gasteiger partial charge in [-0.25, -0.2) is 0 Å². The monoisotopic (exact) mass is 648 g/mol. The minimum Gasteiger partial charge on any atom is -0.379 e. The quantitative estimate of drug-likeness (QED) is 0.0512. The van der Waals surface area contributed by atoms with Crippen molar-refractivity contribution in [1.29, 1.82) is 0 Å². The Kier molecular flexibility index (Phi) is 35.9. The molecule has 0 heterocycles. The molecule has 0 bridgehead atoms. The number of unbranched alkanes of at least 4 members (excludes halogenated alkanes) is 26. The summed E-state index contributed by atoms with van der Waals surface area (Å²) in [5, 5.41) is 0. The van der Waals surface area contributed by atoms with Crippen LogP contribution in [0, 0.1) is 0 Å². The van der Waals surface area contributed by atoms with Crippen molar-refractivity contribution in [2.45, 2.75) is 200 Å². The number of rotatable bonds is 38. The first kappa shape index (κ1) is 44.0. The minimum atomic E-state index is -3.66. The highest BCUT2D eigenvalue weighted by molar-refractivity contribution is 7.52. The van der Waals surface area contributed by atoms with Crippen LogP contribution in [0.4, 0.5) is 0 Å². The molecule has 0 rings (SSSR count). The molecular formula is C37H78NO5P. The van der Waals surface area contributed by atoms with Crippen LogP contribution >= 0.6 is 7.60 Å². The third-order valence-electron chi connectivity index (χ3n) is 8.67. The van der Waals surface area contributed by atoms with Gasteiger partial charge in [0.2, 0.25) is 0 Å². The average molecular weight is 648 g/mol. The minimum absolute atomic E-state index is 0.0292. The van der Waals surface area contributed by atoms with E-state index in [1.165, 1.54) is 161 Å². The molecule has 44 heavy (non-hydrogen) atoms. The molecule has 0 aromatic heterocycles. The van der Waals surface area contributed by atoms with Gasteiger partial charge in [-0.2, -0.15) is 0 Å². The van der Waals surface area contributed by atoms with Crippen molar-refractivity contribution in [3.8, 4) is 0 Å². The van der Waals surface area contributed by atoms with Gasteiger partial charge in [-0.3, -0.25) is 4.57 Å². The van der Waals surface area contributed by atoms with Gasteiger partial charge in [-0.1, -0.05) is 181 Å². The molecular weight excluding hydrogens is 569 g/mol. The van der Waals surface area contributed by atoms with Gasteiger partial charge in [0, 0.05) is 19.8 Å². The molecule has 0 aliphatic rings. The Morgan fingerprint density at radius 2 is 0.864 bits per heavy atom. The number of nitrogens with two attached hydrogens (primary N) is 1. The van der Waals surface area contributed by atoms with E-state index in [9.17, 15) is 9.46 Å². The van der Waals surface area contributed by atoms with Crippen molar-refractivity contribution in [3.63, 3.8) is 0 Å². The molecule has 3 N–H and O–H groups in total. The Hall–Kier alpha value is 0.0300. The molecule has 0 fully saturated rings. The molecule has 0 radical (unpaired) electrons. The molecule has 0 aliphatic carbocycles. The van der Waals surface area contributed by atoms with Gasteiger partial charge in [0.25, 0.3) is 0 Å². The number of ether oxygens (including phenoxy) is 2. The lowest BCUT2D eigenvalue weighted by Crippen LogP contribution is -2.26. The van der Waals surface area contributed by atoms with Crippen molar-refractivity contribution < 1.29 is 23.5 Å². The van der Waals surface area contributed by atoms with Crippen molar-refractivity contribution in [3.05, 3.63) is 0 Å². The first-order valence-electron chi connectivity index (χ1n) is 19.4. The highest BCUT2D eigenvalue weighted by atomic mass is 31.2. The topological polar surface area (TPSA) is 91.0 Å². The van der Waals surface area contributed by atoms with E-state index in [2.05, 4.69) is 13.8 Å². The Bertz CT molecular complexity index is 594. The number of hydrogen-bond acceptors (Lipinski definition) is 5. The zero-order valence-corrected chi connectivity index (χ0v) is 30.6. The van der Waals surface area contributed by atoms with E-state index in [4.69, 9.17) is 19.7 Å². The summed E-state index contributed by atoms with van der Waals surface area (Å²) in [4.78, 5) is 9.94. The number of hydrogen-bond donors (Lipinski definition) is 2. The van der Waals surface area contributed by atoms with E-state index in [0.29, 0.717) is 19.8 Å². The summed E-state index contributed by atoms with van der Waals surface area (Å²) in [5.41, 5.74) is 5.45. The highest BCUT2D eigenvalue weighted by Crippen LogP contribution is 2.41. The van der Waals surface area contributed by atoms with Gasteiger partial charge in [-0.05, 0) is 12.8 Å². The lowest BCUT2D eigenvalue weighted by molar-refractivity contribution is -0.0403. The second-order valence-corrected chi connectivity index (χ2v) is 15.2. The fourth-order valence-electron chi connectivity index (χ4n) is 5.73. The van der Waals surface area contributed by atoms with E-state index in [0.717, 1.165) is 19.3 Å². The summed E-state index contributed by atoms with van der Waals surface area (Å²) in [6.07, 6.45) is 37.0. The second-order valence-electron chi connectivity index (χ2n) is 13.2. The van der Waals surface area contributed by atoms with Crippen LogP contribution in [0.25, 0.3) is 0 Å². The van der Waals surface area contributed by atoms with Crippen LogP contribution in [-0.2, 0) is 18.6 Å². The Morgan fingerprint density at radius 3 is 1.23 bits per heavy atom. The highest BCUT2D eigenvalue weighted by Gasteiger charge is 2.21. The lowest BCUT2D eigenvalue weighted by atomic mass is 10.0. The average Bonchev–Trinajstić information content (AvgIpc) is 3.01. The maximum absolute atomic E-state index is 12.1. The summed E-state index contributed by atoms with van der Waals surface area (Å²) in [6, 6.07) is 0. The molecule has 0 aromatic rings. The Morgan fingerprint density at radius 1 is 0.523 bits per heavy atom. The van der Waals surface area contributed by atoms with Crippen LogP contribution in [0.3, 0.4) is 0 Å². The van der Waals surface area contributed by atoms with Crippen molar-refractivity contribution in [1.82, 2.24) is 0 Å². The summed E-state index contributed by atoms with van der Waals surface area (Å²) in [5.74, 6) is 0. The lowest BCUT2D eigenvalue weighted by Gasteiger charge is -2.20. The summed E-state index contributed by atoms with van der Waals surface area (Å²) >= 11 is 0. The van der Waals surface area contributed by atoms with Crippen molar-refractivity contribution in [2.24, 2.45) is 5.73 Å². The van der Waals surface area contributed by atoms with E-state index in [1.54, 1.807) is 0 Å². The molecule has 6 nitrogen and oxygen atoms in total. The SMILES string of the molecule is CCCCCCCCCCCCCCCCOC[C@@H](COP(=O)(O)CCN)OCCCCCCCCCCCCCCCC. The summed E-state index contributed by atoms with van der Waals surface area (Å²) in [7, 11) is -3.66. The molecule has 0 saturated carbocycles. The van der Waals surface area contributed by atoms with Crippen LogP contribution in [0.2, 0.25) is 0 Å². The standard InChI is InChI=1S/C37H78NO5P/c1-3-5-7-9-11-13-15-17-19-21-23-25-27-29-32-41-35-37(36-43-44(39,40)34-31-38)42-33-30-28-26-24-22-20-18-16-14-12-10-8-6-4-2/h37H,3-36,38H2,1-2H3,(H,39,40)/t37-/m0/s1. The fraction of sp³-hybridized carbons (Fsp3) is 1.00. The molecule has 1 unspecified atom stereocenters. The molecule has 0 spiro atoms. The Labute approximate surface area is 275 Å². The van der Waals surface area contributed by atoms with Crippen molar-refractivity contribution in [2.75, 3.05) is 39.1 Å². The molecule has 7 heteroatoms. The zero-order valence-electron chi connectivity index (χ0n) is 29.7. The third kappa shape index (κ3) is 34.9. The van der Waals surface area contributed by atoms with Gasteiger partial charge in [0.1, 0.15) is 6.10 Å². The fourth-order valence-corrected chi connectivity index (χ4v) is 6.59.